The van der Waals surface area contributed by atoms with Gasteiger partial charge in [0.25, 0.3) is 0 Å². The molecule has 1 aromatic carbocycles. The molecule has 1 aliphatic rings. The minimum absolute atomic E-state index is 0.0751. The standard InChI is InChI=1S/C12H14N2O3S/c15-11(10-5-9(18)6-13-10)14-8-3-1-2-7(4-8)12(16)17/h1-4,9-10,13,18H,5-6H2,(H,14,15)(H,16,17)/p-1/t9-,10-/m0/s1. The molecule has 1 aromatic rings. The van der Waals surface area contributed by atoms with Crippen LogP contribution < -0.4 is 10.6 Å². The SMILES string of the molecule is O=C(O)c1cccc(NC(=O)[C@@H]2C[C@H]([S-])CN2)c1. The molecule has 1 fully saturated rings. The first-order chi connectivity index (χ1) is 8.56. The summed E-state index contributed by atoms with van der Waals surface area (Å²) in [7, 11) is 0. The average molecular weight is 265 g/mol. The van der Waals surface area contributed by atoms with Crippen molar-refractivity contribution in [3.8, 4) is 0 Å². The van der Waals surface area contributed by atoms with E-state index in [0.717, 1.165) is 0 Å². The van der Waals surface area contributed by atoms with Crippen molar-refractivity contribution in [1.82, 2.24) is 5.32 Å². The Morgan fingerprint density at radius 1 is 1.44 bits per heavy atom. The fourth-order valence-electron chi connectivity index (χ4n) is 1.86. The number of anilines is 1. The number of amides is 1. The summed E-state index contributed by atoms with van der Waals surface area (Å²) in [5, 5.41) is 14.6. The third-order valence-electron chi connectivity index (χ3n) is 2.78. The van der Waals surface area contributed by atoms with Crippen LogP contribution in [0.25, 0.3) is 0 Å². The predicted molar refractivity (Wildman–Crippen MR) is 69.6 cm³/mol. The zero-order valence-electron chi connectivity index (χ0n) is 9.55. The van der Waals surface area contributed by atoms with Crippen molar-refractivity contribution in [2.24, 2.45) is 0 Å². The molecule has 3 N–H and O–H groups in total. The van der Waals surface area contributed by atoms with E-state index in [2.05, 4.69) is 10.6 Å². The highest BCUT2D eigenvalue weighted by Crippen LogP contribution is 2.13. The van der Waals surface area contributed by atoms with E-state index in [4.69, 9.17) is 17.7 Å². The Hall–Kier alpha value is -1.53. The topological polar surface area (TPSA) is 78.4 Å². The Morgan fingerprint density at radius 3 is 2.83 bits per heavy atom. The summed E-state index contributed by atoms with van der Waals surface area (Å²) in [6.45, 7) is 0.655. The van der Waals surface area contributed by atoms with Crippen LogP contribution in [-0.2, 0) is 17.4 Å². The van der Waals surface area contributed by atoms with Crippen molar-refractivity contribution < 1.29 is 14.7 Å². The predicted octanol–water partition coefficient (Wildman–Crippen LogP) is 0.601. The number of hydrogen-bond acceptors (Lipinski definition) is 4. The van der Waals surface area contributed by atoms with Crippen molar-refractivity contribution in [2.75, 3.05) is 11.9 Å². The van der Waals surface area contributed by atoms with E-state index in [9.17, 15) is 9.59 Å². The molecule has 1 aliphatic heterocycles. The van der Waals surface area contributed by atoms with E-state index in [1.165, 1.54) is 12.1 Å². The lowest BCUT2D eigenvalue weighted by molar-refractivity contribution is -0.117. The van der Waals surface area contributed by atoms with Crippen LogP contribution in [-0.4, -0.2) is 34.8 Å². The number of benzene rings is 1. The van der Waals surface area contributed by atoms with E-state index in [-0.39, 0.29) is 22.8 Å². The van der Waals surface area contributed by atoms with Gasteiger partial charge in [0, 0.05) is 5.69 Å². The molecule has 1 heterocycles. The van der Waals surface area contributed by atoms with E-state index in [0.29, 0.717) is 18.7 Å². The average Bonchev–Trinajstić information content (AvgIpc) is 2.76. The second kappa shape index (κ2) is 5.41. The van der Waals surface area contributed by atoms with E-state index in [1.54, 1.807) is 12.1 Å². The quantitative estimate of drug-likeness (QED) is 0.698. The molecular weight excluding hydrogens is 252 g/mol. The van der Waals surface area contributed by atoms with Crippen LogP contribution in [0.15, 0.2) is 24.3 Å². The fraction of sp³-hybridized carbons (Fsp3) is 0.333. The molecule has 2 rings (SSSR count). The lowest BCUT2D eigenvalue weighted by Crippen LogP contribution is -2.35. The van der Waals surface area contributed by atoms with Crippen LogP contribution in [0.3, 0.4) is 0 Å². The van der Waals surface area contributed by atoms with E-state index < -0.39 is 5.97 Å². The number of carboxylic acids is 1. The van der Waals surface area contributed by atoms with Gasteiger partial charge in [-0.2, -0.15) is 0 Å². The molecule has 0 bridgehead atoms. The second-order valence-corrected chi connectivity index (χ2v) is 4.86. The van der Waals surface area contributed by atoms with Gasteiger partial charge in [0.05, 0.1) is 11.6 Å². The molecule has 0 radical (unpaired) electrons. The first-order valence-corrected chi connectivity index (χ1v) is 6.07. The summed E-state index contributed by atoms with van der Waals surface area (Å²) in [4.78, 5) is 22.7. The third kappa shape index (κ3) is 3.02. The lowest BCUT2D eigenvalue weighted by atomic mass is 10.2. The van der Waals surface area contributed by atoms with Crippen LogP contribution in [0.5, 0.6) is 0 Å². The van der Waals surface area contributed by atoms with Crippen molar-refractivity contribution in [3.05, 3.63) is 29.8 Å². The monoisotopic (exact) mass is 265 g/mol. The number of carboxylic acid groups (broad SMARTS) is 1. The lowest BCUT2D eigenvalue weighted by Gasteiger charge is -2.13. The molecule has 0 unspecified atom stereocenters. The molecule has 6 heteroatoms. The van der Waals surface area contributed by atoms with Crippen molar-refractivity contribution >= 4 is 30.2 Å². The largest absolute Gasteiger partial charge is 0.788 e. The van der Waals surface area contributed by atoms with Crippen LogP contribution in [0.2, 0.25) is 0 Å². The molecule has 5 nitrogen and oxygen atoms in total. The van der Waals surface area contributed by atoms with Crippen molar-refractivity contribution in [2.45, 2.75) is 17.7 Å². The highest BCUT2D eigenvalue weighted by molar-refractivity contribution is 7.59. The summed E-state index contributed by atoms with van der Waals surface area (Å²) >= 11 is 5.10. The molecule has 0 spiro atoms. The first kappa shape index (κ1) is 12.9. The van der Waals surface area contributed by atoms with Gasteiger partial charge in [0.15, 0.2) is 0 Å². The molecule has 18 heavy (non-hydrogen) atoms. The summed E-state index contributed by atoms with van der Waals surface area (Å²) in [6, 6.07) is 5.87. The second-order valence-electron chi connectivity index (χ2n) is 4.19. The van der Waals surface area contributed by atoms with Crippen LogP contribution in [0.1, 0.15) is 16.8 Å². The number of carbonyl (C=O) groups excluding carboxylic acids is 1. The first-order valence-electron chi connectivity index (χ1n) is 5.59. The van der Waals surface area contributed by atoms with Gasteiger partial charge in [0.2, 0.25) is 5.91 Å². The Kier molecular flexibility index (Phi) is 3.88. The summed E-state index contributed by atoms with van der Waals surface area (Å²) in [6.07, 6.45) is 0.625. The van der Waals surface area contributed by atoms with Gasteiger partial charge >= 0.3 is 5.97 Å². The Morgan fingerprint density at radius 2 is 2.22 bits per heavy atom. The van der Waals surface area contributed by atoms with Gasteiger partial charge in [-0.05, 0) is 31.2 Å². The number of hydrogen-bond donors (Lipinski definition) is 3. The van der Waals surface area contributed by atoms with Crippen LogP contribution in [0, 0.1) is 0 Å². The molecule has 1 saturated heterocycles. The number of aromatic carboxylic acids is 1. The Bertz CT molecular complexity index is 478. The Balaban J connectivity index is 2.03. The van der Waals surface area contributed by atoms with E-state index >= 15 is 0 Å². The fourth-order valence-corrected chi connectivity index (χ4v) is 2.15. The van der Waals surface area contributed by atoms with Gasteiger partial charge in [-0.3, -0.25) is 4.79 Å². The molecular formula is C12H13N2O3S-. The van der Waals surface area contributed by atoms with Crippen molar-refractivity contribution in [1.29, 1.82) is 0 Å². The van der Waals surface area contributed by atoms with Gasteiger partial charge in [-0.25, -0.2) is 4.79 Å². The highest BCUT2D eigenvalue weighted by Gasteiger charge is 2.23. The summed E-state index contributed by atoms with van der Waals surface area (Å²) in [5.74, 6) is -1.19. The van der Waals surface area contributed by atoms with E-state index in [1.807, 2.05) is 0 Å². The smallest absolute Gasteiger partial charge is 0.335 e. The number of carbonyl (C=O) groups is 2. The maximum atomic E-state index is 11.9. The van der Waals surface area contributed by atoms with Crippen molar-refractivity contribution in [3.63, 3.8) is 0 Å². The molecule has 1 amide bonds. The van der Waals surface area contributed by atoms with Gasteiger partial charge in [-0.1, -0.05) is 6.07 Å². The minimum Gasteiger partial charge on any atom is -0.788 e. The van der Waals surface area contributed by atoms with Crippen LogP contribution in [0.4, 0.5) is 5.69 Å². The Labute approximate surface area is 110 Å². The summed E-state index contributed by atoms with van der Waals surface area (Å²) in [5.41, 5.74) is 0.628. The van der Waals surface area contributed by atoms with Crippen LogP contribution >= 0.6 is 0 Å². The normalized spacial score (nSPS) is 22.7. The summed E-state index contributed by atoms with van der Waals surface area (Å²) < 4.78 is 0. The van der Waals surface area contributed by atoms with Gasteiger partial charge < -0.3 is 28.4 Å². The minimum atomic E-state index is -1.02. The molecule has 0 saturated carbocycles. The number of nitrogens with one attached hydrogen (secondary N) is 2. The third-order valence-corrected chi connectivity index (χ3v) is 3.14. The molecule has 2 atom stereocenters. The highest BCUT2D eigenvalue weighted by atomic mass is 32.1. The molecule has 96 valence electrons. The van der Waals surface area contributed by atoms with Gasteiger partial charge in [0.1, 0.15) is 0 Å². The van der Waals surface area contributed by atoms with Gasteiger partial charge in [-0.15, -0.1) is 5.25 Å². The molecule has 0 aliphatic carbocycles. The number of rotatable bonds is 3. The zero-order chi connectivity index (χ0) is 13.1. The zero-order valence-corrected chi connectivity index (χ0v) is 10.4. The maximum Gasteiger partial charge on any atom is 0.335 e. The maximum absolute atomic E-state index is 11.9. The molecule has 0 aromatic heterocycles.